The number of likely N-dealkylation sites (N-methyl/N-ethyl adjacent to an activating group) is 2. The van der Waals surface area contributed by atoms with E-state index in [2.05, 4.69) is 23.9 Å². The Kier molecular flexibility index (Phi) is 4.70. The second kappa shape index (κ2) is 5.58. The first-order valence-corrected chi connectivity index (χ1v) is 5.23. The summed E-state index contributed by atoms with van der Waals surface area (Å²) >= 11 is 0. The van der Waals surface area contributed by atoms with Gasteiger partial charge in [-0.25, -0.2) is 0 Å². The van der Waals surface area contributed by atoms with E-state index in [1.807, 2.05) is 0 Å². The molecule has 1 aliphatic heterocycles. The molecule has 0 radical (unpaired) electrons. The van der Waals surface area contributed by atoms with E-state index in [1.165, 1.54) is 25.8 Å². The minimum atomic E-state index is 0.271. The average molecular weight is 186 g/mol. The number of hydrogen-bond donors (Lipinski definition) is 1. The van der Waals surface area contributed by atoms with Crippen LogP contribution in [0.2, 0.25) is 0 Å². The van der Waals surface area contributed by atoms with Gasteiger partial charge in [0.05, 0.1) is 6.61 Å². The third-order valence-electron chi connectivity index (χ3n) is 2.93. The SMILES string of the molecule is CN(CCO)C[C@@H]1CCCCN1C. The summed E-state index contributed by atoms with van der Waals surface area (Å²) < 4.78 is 0. The van der Waals surface area contributed by atoms with E-state index in [1.54, 1.807) is 0 Å². The van der Waals surface area contributed by atoms with Crippen LogP contribution in [-0.2, 0) is 0 Å². The Balaban J connectivity index is 2.25. The van der Waals surface area contributed by atoms with Crippen LogP contribution in [0, 0.1) is 0 Å². The highest BCUT2D eigenvalue weighted by molar-refractivity contribution is 4.76. The molecule has 1 saturated heterocycles. The van der Waals surface area contributed by atoms with Gasteiger partial charge in [0.15, 0.2) is 0 Å². The minimum Gasteiger partial charge on any atom is -0.395 e. The predicted octanol–water partition coefficient (Wildman–Crippen LogP) is 0.395. The van der Waals surface area contributed by atoms with Gasteiger partial charge in [-0.2, -0.15) is 0 Å². The first-order valence-electron chi connectivity index (χ1n) is 5.23. The van der Waals surface area contributed by atoms with Crippen molar-refractivity contribution in [1.82, 2.24) is 9.80 Å². The predicted molar refractivity (Wildman–Crippen MR) is 54.9 cm³/mol. The Morgan fingerprint density at radius 1 is 1.46 bits per heavy atom. The molecule has 0 spiro atoms. The van der Waals surface area contributed by atoms with E-state index in [-0.39, 0.29) is 6.61 Å². The van der Waals surface area contributed by atoms with Crippen LogP contribution in [0.15, 0.2) is 0 Å². The van der Waals surface area contributed by atoms with Crippen LogP contribution in [0.5, 0.6) is 0 Å². The second-order valence-electron chi connectivity index (χ2n) is 4.12. The standard InChI is InChI=1S/C10H22N2O/c1-11(7-8-13)9-10-5-3-4-6-12(10)2/h10,13H,3-9H2,1-2H3/t10-/m0/s1. The van der Waals surface area contributed by atoms with Gasteiger partial charge in [-0.1, -0.05) is 6.42 Å². The maximum Gasteiger partial charge on any atom is 0.0558 e. The Morgan fingerprint density at radius 2 is 2.23 bits per heavy atom. The molecule has 3 heteroatoms. The topological polar surface area (TPSA) is 26.7 Å². The van der Waals surface area contributed by atoms with Gasteiger partial charge in [0.2, 0.25) is 0 Å². The molecule has 0 aliphatic carbocycles. The van der Waals surface area contributed by atoms with Crippen LogP contribution in [-0.4, -0.2) is 61.3 Å². The molecule has 1 aliphatic rings. The Morgan fingerprint density at radius 3 is 2.85 bits per heavy atom. The number of piperidine rings is 1. The van der Waals surface area contributed by atoms with E-state index < -0.39 is 0 Å². The van der Waals surface area contributed by atoms with Crippen molar-refractivity contribution in [2.45, 2.75) is 25.3 Å². The summed E-state index contributed by atoms with van der Waals surface area (Å²) in [5.74, 6) is 0. The Labute approximate surface area is 81.3 Å². The summed E-state index contributed by atoms with van der Waals surface area (Å²) in [5, 5.41) is 8.78. The van der Waals surface area contributed by atoms with Crippen molar-refractivity contribution in [2.75, 3.05) is 40.3 Å². The Hall–Kier alpha value is -0.120. The summed E-state index contributed by atoms with van der Waals surface area (Å²) in [6.45, 7) is 3.39. The van der Waals surface area contributed by atoms with Crippen molar-refractivity contribution in [3.8, 4) is 0 Å². The van der Waals surface area contributed by atoms with Crippen LogP contribution in [0.1, 0.15) is 19.3 Å². The number of likely N-dealkylation sites (tertiary alicyclic amines) is 1. The van der Waals surface area contributed by atoms with Crippen LogP contribution in [0.4, 0.5) is 0 Å². The summed E-state index contributed by atoms with van der Waals surface area (Å²) in [7, 11) is 4.29. The summed E-state index contributed by atoms with van der Waals surface area (Å²) in [6, 6.07) is 0.699. The van der Waals surface area contributed by atoms with E-state index in [0.717, 1.165) is 13.1 Å². The van der Waals surface area contributed by atoms with Gasteiger partial charge in [0.25, 0.3) is 0 Å². The minimum absolute atomic E-state index is 0.271. The number of nitrogens with zero attached hydrogens (tertiary/aromatic N) is 2. The highest BCUT2D eigenvalue weighted by atomic mass is 16.3. The molecule has 0 aromatic rings. The van der Waals surface area contributed by atoms with Crippen molar-refractivity contribution >= 4 is 0 Å². The highest BCUT2D eigenvalue weighted by Gasteiger charge is 2.19. The fraction of sp³-hybridized carbons (Fsp3) is 1.00. The summed E-state index contributed by atoms with van der Waals surface area (Å²) in [5.41, 5.74) is 0. The first-order chi connectivity index (χ1) is 6.24. The van der Waals surface area contributed by atoms with Gasteiger partial charge in [0.1, 0.15) is 0 Å². The quantitative estimate of drug-likeness (QED) is 0.688. The van der Waals surface area contributed by atoms with Crippen molar-refractivity contribution in [1.29, 1.82) is 0 Å². The van der Waals surface area contributed by atoms with Crippen LogP contribution in [0.25, 0.3) is 0 Å². The van der Waals surface area contributed by atoms with Gasteiger partial charge in [-0.05, 0) is 33.5 Å². The number of aliphatic hydroxyl groups is 1. The van der Waals surface area contributed by atoms with E-state index in [0.29, 0.717) is 6.04 Å². The normalized spacial score (nSPS) is 25.4. The lowest BCUT2D eigenvalue weighted by Gasteiger charge is -2.35. The molecule has 13 heavy (non-hydrogen) atoms. The zero-order valence-corrected chi connectivity index (χ0v) is 8.87. The maximum atomic E-state index is 8.78. The molecule has 1 rings (SSSR count). The highest BCUT2D eigenvalue weighted by Crippen LogP contribution is 2.15. The molecule has 0 bridgehead atoms. The molecular weight excluding hydrogens is 164 g/mol. The van der Waals surface area contributed by atoms with Gasteiger partial charge >= 0.3 is 0 Å². The Bertz CT molecular complexity index is 141. The smallest absolute Gasteiger partial charge is 0.0558 e. The van der Waals surface area contributed by atoms with Gasteiger partial charge in [0, 0.05) is 19.1 Å². The molecule has 1 N–H and O–H groups in total. The number of rotatable bonds is 4. The van der Waals surface area contributed by atoms with E-state index in [4.69, 9.17) is 5.11 Å². The van der Waals surface area contributed by atoms with Crippen molar-refractivity contribution < 1.29 is 5.11 Å². The fourth-order valence-electron chi connectivity index (χ4n) is 2.00. The number of aliphatic hydroxyl groups excluding tert-OH is 1. The zero-order valence-electron chi connectivity index (χ0n) is 8.87. The van der Waals surface area contributed by atoms with Crippen LogP contribution in [0.3, 0.4) is 0 Å². The van der Waals surface area contributed by atoms with Crippen molar-refractivity contribution in [3.63, 3.8) is 0 Å². The summed E-state index contributed by atoms with van der Waals surface area (Å²) in [4.78, 5) is 4.66. The van der Waals surface area contributed by atoms with Crippen LogP contribution >= 0.6 is 0 Å². The van der Waals surface area contributed by atoms with Crippen molar-refractivity contribution in [2.24, 2.45) is 0 Å². The molecule has 78 valence electrons. The monoisotopic (exact) mass is 186 g/mol. The lowest BCUT2D eigenvalue weighted by atomic mass is 10.0. The molecule has 0 unspecified atom stereocenters. The molecule has 0 aromatic carbocycles. The fourth-order valence-corrected chi connectivity index (χ4v) is 2.00. The largest absolute Gasteiger partial charge is 0.395 e. The lowest BCUT2D eigenvalue weighted by Crippen LogP contribution is -2.44. The molecule has 0 saturated carbocycles. The van der Waals surface area contributed by atoms with Gasteiger partial charge in [-0.15, -0.1) is 0 Å². The first kappa shape index (κ1) is 11.0. The summed E-state index contributed by atoms with van der Waals surface area (Å²) in [6.07, 6.45) is 4.02. The van der Waals surface area contributed by atoms with Gasteiger partial charge in [-0.3, -0.25) is 0 Å². The zero-order chi connectivity index (χ0) is 9.68. The van der Waals surface area contributed by atoms with E-state index >= 15 is 0 Å². The molecule has 1 fully saturated rings. The van der Waals surface area contributed by atoms with Crippen LogP contribution < -0.4 is 0 Å². The average Bonchev–Trinajstić information content (AvgIpc) is 2.09. The maximum absolute atomic E-state index is 8.78. The van der Waals surface area contributed by atoms with E-state index in [9.17, 15) is 0 Å². The van der Waals surface area contributed by atoms with Gasteiger partial charge < -0.3 is 14.9 Å². The molecule has 3 nitrogen and oxygen atoms in total. The molecule has 0 amide bonds. The number of hydrogen-bond acceptors (Lipinski definition) is 3. The van der Waals surface area contributed by atoms with Crippen molar-refractivity contribution in [3.05, 3.63) is 0 Å². The second-order valence-corrected chi connectivity index (χ2v) is 4.12. The third kappa shape index (κ3) is 3.63. The molecule has 1 atom stereocenters. The lowest BCUT2D eigenvalue weighted by molar-refractivity contribution is 0.129. The molecule has 1 heterocycles. The third-order valence-corrected chi connectivity index (χ3v) is 2.93. The molecule has 0 aromatic heterocycles. The molecular formula is C10H22N2O.